The fraction of sp³-hybridized carbons (Fsp3) is 0.435. The number of hydrogen-bond acceptors (Lipinski definition) is 3. The molecule has 2 aromatic carbocycles. The molecule has 0 heterocycles. The van der Waals surface area contributed by atoms with Crippen molar-refractivity contribution in [3.8, 4) is 0 Å². The van der Waals surface area contributed by atoms with E-state index in [0.29, 0.717) is 5.56 Å². The van der Waals surface area contributed by atoms with Crippen molar-refractivity contribution in [3.63, 3.8) is 0 Å². The second kappa shape index (κ2) is 8.47. The number of carbonyl (C=O) groups excluding carboxylic acids is 1. The molecule has 1 saturated carbocycles. The highest BCUT2D eigenvalue weighted by Gasteiger charge is 2.36. The van der Waals surface area contributed by atoms with Gasteiger partial charge in [-0.15, -0.1) is 0 Å². The number of unbranched alkanes of at least 4 members (excludes halogenated alkanes) is 1. The van der Waals surface area contributed by atoms with Gasteiger partial charge in [-0.05, 0) is 42.4 Å². The van der Waals surface area contributed by atoms with Gasteiger partial charge in [0.05, 0.1) is 4.92 Å². The van der Waals surface area contributed by atoms with Crippen LogP contribution in [0.2, 0.25) is 0 Å². The Bertz CT molecular complexity index is 805. The van der Waals surface area contributed by atoms with Crippen LogP contribution in [0.25, 0.3) is 0 Å². The lowest BCUT2D eigenvalue weighted by Crippen LogP contribution is -2.31. The van der Waals surface area contributed by atoms with Crippen molar-refractivity contribution in [2.45, 2.75) is 63.7 Å². The zero-order valence-corrected chi connectivity index (χ0v) is 15.9. The smallest absolute Gasteiger partial charge is 0.269 e. The predicted octanol–water partition coefficient (Wildman–Crippen LogP) is 6.22. The van der Waals surface area contributed by atoms with Crippen LogP contribution in [-0.4, -0.2) is 10.7 Å². The molecule has 142 valence electrons. The maximum Gasteiger partial charge on any atom is 0.269 e. The number of ketones is 1. The van der Waals surface area contributed by atoms with E-state index in [9.17, 15) is 14.9 Å². The van der Waals surface area contributed by atoms with Crippen molar-refractivity contribution >= 4 is 11.5 Å². The number of nitro groups is 1. The number of carbonyl (C=O) groups is 1. The Morgan fingerprint density at radius 3 is 2.33 bits per heavy atom. The third-order valence-electron chi connectivity index (χ3n) is 5.90. The Hall–Kier alpha value is -2.49. The normalized spacial score (nSPS) is 16.0. The van der Waals surface area contributed by atoms with Crippen LogP contribution in [0.4, 0.5) is 5.69 Å². The number of benzene rings is 2. The molecule has 1 aliphatic carbocycles. The van der Waals surface area contributed by atoms with Gasteiger partial charge in [0.15, 0.2) is 5.78 Å². The number of rotatable bonds is 7. The average molecular weight is 365 g/mol. The molecule has 4 heteroatoms. The maximum absolute atomic E-state index is 13.2. The maximum atomic E-state index is 13.2. The lowest BCUT2D eigenvalue weighted by atomic mass is 9.65. The quantitative estimate of drug-likeness (QED) is 0.332. The summed E-state index contributed by atoms with van der Waals surface area (Å²) in [5, 5.41) is 10.9. The van der Waals surface area contributed by atoms with Crippen LogP contribution in [0.1, 0.15) is 79.8 Å². The van der Waals surface area contributed by atoms with Crippen molar-refractivity contribution in [1.82, 2.24) is 0 Å². The second-order valence-electron chi connectivity index (χ2n) is 7.62. The van der Waals surface area contributed by atoms with Crippen molar-refractivity contribution < 1.29 is 9.72 Å². The van der Waals surface area contributed by atoms with E-state index in [0.717, 1.165) is 31.2 Å². The summed E-state index contributed by atoms with van der Waals surface area (Å²) in [5.74, 6) is -0.0399. The summed E-state index contributed by atoms with van der Waals surface area (Å²) in [4.78, 5) is 23.7. The third-order valence-corrected chi connectivity index (χ3v) is 5.90. The molecule has 0 bridgehead atoms. The van der Waals surface area contributed by atoms with E-state index in [1.807, 2.05) is 18.2 Å². The van der Waals surface area contributed by atoms with Gasteiger partial charge in [-0.1, -0.05) is 63.3 Å². The highest BCUT2D eigenvalue weighted by molar-refractivity contribution is 6.10. The fourth-order valence-corrected chi connectivity index (χ4v) is 4.43. The number of hydrogen-bond donors (Lipinski definition) is 0. The molecular weight excluding hydrogens is 338 g/mol. The minimum absolute atomic E-state index is 0.00605. The predicted molar refractivity (Wildman–Crippen MR) is 107 cm³/mol. The molecule has 0 aliphatic heterocycles. The molecule has 0 saturated heterocycles. The Morgan fingerprint density at radius 1 is 1.04 bits per heavy atom. The summed E-state index contributed by atoms with van der Waals surface area (Å²) in [6.45, 7) is 2.21. The highest BCUT2D eigenvalue weighted by Crippen LogP contribution is 2.45. The minimum Gasteiger partial charge on any atom is -0.289 e. The molecule has 27 heavy (non-hydrogen) atoms. The number of nitrogens with zero attached hydrogens (tertiary/aromatic N) is 1. The molecule has 0 radical (unpaired) electrons. The molecular formula is C23H27NO3. The van der Waals surface area contributed by atoms with Crippen LogP contribution < -0.4 is 0 Å². The van der Waals surface area contributed by atoms with Crippen LogP contribution in [-0.2, 0) is 5.41 Å². The van der Waals surface area contributed by atoms with Gasteiger partial charge in [-0.2, -0.15) is 0 Å². The molecule has 0 spiro atoms. The summed E-state index contributed by atoms with van der Waals surface area (Å²) >= 11 is 0. The standard InChI is InChI=1S/C23H27NO3/c1-2-3-15-23(16-7-4-8-17-23)21-10-6-5-9-20(21)22(25)18-11-13-19(14-12-18)24(26)27/h5-6,9-14H,2-4,7-8,15-17H2,1H3. The van der Waals surface area contributed by atoms with Crippen molar-refractivity contribution in [3.05, 3.63) is 75.3 Å². The van der Waals surface area contributed by atoms with Crippen molar-refractivity contribution in [1.29, 1.82) is 0 Å². The lowest BCUT2D eigenvalue weighted by molar-refractivity contribution is -0.384. The second-order valence-corrected chi connectivity index (χ2v) is 7.62. The van der Waals surface area contributed by atoms with E-state index in [1.165, 1.54) is 43.4 Å². The van der Waals surface area contributed by atoms with Crippen LogP contribution >= 0.6 is 0 Å². The Morgan fingerprint density at radius 2 is 1.70 bits per heavy atom. The third kappa shape index (κ3) is 4.10. The van der Waals surface area contributed by atoms with Crippen LogP contribution in [0.3, 0.4) is 0 Å². The Balaban J connectivity index is 1.99. The molecule has 1 aliphatic rings. The van der Waals surface area contributed by atoms with Gasteiger partial charge in [0.2, 0.25) is 0 Å². The minimum atomic E-state index is -0.441. The molecule has 1 fully saturated rings. The van der Waals surface area contributed by atoms with Gasteiger partial charge in [0, 0.05) is 23.3 Å². The van der Waals surface area contributed by atoms with Gasteiger partial charge >= 0.3 is 0 Å². The first kappa shape index (κ1) is 19.3. The van der Waals surface area contributed by atoms with E-state index < -0.39 is 4.92 Å². The van der Waals surface area contributed by atoms with Crippen molar-refractivity contribution in [2.24, 2.45) is 0 Å². The van der Waals surface area contributed by atoms with Gasteiger partial charge in [-0.3, -0.25) is 14.9 Å². The fourth-order valence-electron chi connectivity index (χ4n) is 4.43. The van der Waals surface area contributed by atoms with Crippen LogP contribution in [0.15, 0.2) is 48.5 Å². The van der Waals surface area contributed by atoms with E-state index >= 15 is 0 Å². The number of nitro benzene ring substituents is 1. The van der Waals surface area contributed by atoms with Gasteiger partial charge in [0.1, 0.15) is 0 Å². The summed E-state index contributed by atoms with van der Waals surface area (Å²) in [6, 6.07) is 13.9. The largest absolute Gasteiger partial charge is 0.289 e. The zero-order valence-electron chi connectivity index (χ0n) is 15.9. The summed E-state index contributed by atoms with van der Waals surface area (Å²) in [7, 11) is 0. The summed E-state index contributed by atoms with van der Waals surface area (Å²) in [5.41, 5.74) is 2.52. The molecule has 0 amide bonds. The molecule has 3 rings (SSSR count). The van der Waals surface area contributed by atoms with Gasteiger partial charge in [0.25, 0.3) is 5.69 Å². The van der Waals surface area contributed by atoms with Crippen molar-refractivity contribution in [2.75, 3.05) is 0 Å². The Labute approximate surface area is 160 Å². The first-order valence-electron chi connectivity index (χ1n) is 9.96. The Kier molecular flexibility index (Phi) is 6.04. The SMILES string of the molecule is CCCCC1(c2ccccc2C(=O)c2ccc([N+](=O)[O-])cc2)CCCCC1. The van der Waals surface area contributed by atoms with E-state index in [2.05, 4.69) is 13.0 Å². The lowest BCUT2D eigenvalue weighted by Gasteiger charge is -2.39. The molecule has 0 unspecified atom stereocenters. The van der Waals surface area contributed by atoms with E-state index in [4.69, 9.17) is 0 Å². The molecule has 0 aromatic heterocycles. The number of non-ortho nitro benzene ring substituents is 1. The van der Waals surface area contributed by atoms with Gasteiger partial charge in [-0.25, -0.2) is 0 Å². The van der Waals surface area contributed by atoms with Gasteiger partial charge < -0.3 is 0 Å². The topological polar surface area (TPSA) is 60.2 Å². The molecule has 4 nitrogen and oxygen atoms in total. The van der Waals surface area contributed by atoms with Crippen LogP contribution in [0.5, 0.6) is 0 Å². The highest BCUT2D eigenvalue weighted by atomic mass is 16.6. The molecule has 0 atom stereocenters. The average Bonchev–Trinajstić information content (AvgIpc) is 2.72. The first-order valence-corrected chi connectivity index (χ1v) is 9.96. The monoisotopic (exact) mass is 365 g/mol. The van der Waals surface area contributed by atoms with E-state index in [-0.39, 0.29) is 16.9 Å². The first-order chi connectivity index (χ1) is 13.1. The molecule has 0 N–H and O–H groups in total. The van der Waals surface area contributed by atoms with E-state index in [1.54, 1.807) is 12.1 Å². The summed E-state index contributed by atoms with van der Waals surface area (Å²) < 4.78 is 0. The zero-order chi connectivity index (χ0) is 19.3. The molecule has 2 aromatic rings. The summed E-state index contributed by atoms with van der Waals surface area (Å²) in [6.07, 6.45) is 9.41. The van der Waals surface area contributed by atoms with Crippen LogP contribution in [0, 0.1) is 10.1 Å².